The lowest BCUT2D eigenvalue weighted by atomic mass is 9.88. The molecule has 0 saturated heterocycles. The summed E-state index contributed by atoms with van der Waals surface area (Å²) in [5, 5.41) is 13.7. The number of nitrogens with zero attached hydrogens (tertiary/aromatic N) is 1. The van der Waals surface area contributed by atoms with Crippen molar-refractivity contribution in [3.8, 4) is 11.1 Å². The molecule has 0 spiro atoms. The Labute approximate surface area is 176 Å². The van der Waals surface area contributed by atoms with Gasteiger partial charge in [0.2, 0.25) is 0 Å². The summed E-state index contributed by atoms with van der Waals surface area (Å²) >= 11 is 3.54. The summed E-state index contributed by atoms with van der Waals surface area (Å²) in [5.41, 5.74) is 2.80. The Hall–Kier alpha value is -1.85. The van der Waals surface area contributed by atoms with Crippen LogP contribution in [0.3, 0.4) is 0 Å². The van der Waals surface area contributed by atoms with Crippen molar-refractivity contribution in [2.45, 2.75) is 64.1 Å². The molecular weight excluding hydrogens is 416 g/mol. The van der Waals surface area contributed by atoms with E-state index >= 15 is 0 Å². The van der Waals surface area contributed by atoms with E-state index in [1.165, 1.54) is 0 Å². The molecule has 0 aliphatic heterocycles. The lowest BCUT2D eigenvalue weighted by molar-refractivity contribution is 0.193. The van der Waals surface area contributed by atoms with Crippen LogP contribution in [-0.2, 0) is 0 Å². The highest BCUT2D eigenvalue weighted by Gasteiger charge is 2.32. The van der Waals surface area contributed by atoms with Gasteiger partial charge in [-0.15, -0.1) is 0 Å². The fourth-order valence-corrected chi connectivity index (χ4v) is 4.47. The van der Waals surface area contributed by atoms with Crippen molar-refractivity contribution >= 4 is 27.7 Å². The van der Waals surface area contributed by atoms with Crippen molar-refractivity contribution in [1.29, 1.82) is 0 Å². The molecule has 0 bridgehead atoms. The van der Waals surface area contributed by atoms with Gasteiger partial charge in [0.1, 0.15) is 0 Å². The quantitative estimate of drug-likeness (QED) is 0.581. The molecule has 3 rings (SSSR count). The minimum absolute atomic E-state index is 0.000781. The average molecular weight is 445 g/mol. The first-order valence-corrected chi connectivity index (χ1v) is 10.7. The van der Waals surface area contributed by atoms with Gasteiger partial charge in [-0.3, -0.25) is 4.90 Å². The van der Waals surface area contributed by atoms with E-state index in [1.807, 2.05) is 48.5 Å². The van der Waals surface area contributed by atoms with Crippen molar-refractivity contribution in [2.75, 3.05) is 4.90 Å². The number of nitrogens with one attached hydrogen (secondary N) is 1. The number of carbonyl (C=O) groups is 1. The summed E-state index contributed by atoms with van der Waals surface area (Å²) in [6, 6.07) is 16.3. The predicted octanol–water partition coefficient (Wildman–Crippen LogP) is 6.30. The van der Waals surface area contributed by atoms with E-state index < -0.39 is 6.09 Å². The largest absolute Gasteiger partial charge is 0.465 e. The second-order valence-electron chi connectivity index (χ2n) is 8.58. The third kappa shape index (κ3) is 5.15. The Morgan fingerprint density at radius 3 is 2.29 bits per heavy atom. The Morgan fingerprint density at radius 1 is 1.07 bits per heavy atom. The maximum absolute atomic E-state index is 12.3. The monoisotopic (exact) mass is 444 g/mol. The second-order valence-corrected chi connectivity index (χ2v) is 9.50. The molecule has 0 aromatic heterocycles. The molecule has 5 heteroatoms. The summed E-state index contributed by atoms with van der Waals surface area (Å²) in [4.78, 5) is 13.9. The molecule has 2 aromatic rings. The van der Waals surface area contributed by atoms with Crippen LogP contribution in [0.2, 0.25) is 0 Å². The van der Waals surface area contributed by atoms with Crippen molar-refractivity contribution in [1.82, 2.24) is 5.32 Å². The number of hydrogen-bond acceptors (Lipinski definition) is 2. The van der Waals surface area contributed by atoms with Crippen molar-refractivity contribution in [3.05, 3.63) is 53.0 Å². The number of hydrogen-bond donors (Lipinski definition) is 2. The molecule has 150 valence electrons. The third-order valence-corrected chi connectivity index (χ3v) is 5.70. The lowest BCUT2D eigenvalue weighted by Gasteiger charge is -2.38. The summed E-state index contributed by atoms with van der Waals surface area (Å²) in [5.74, 6) is 0. The molecule has 1 saturated carbocycles. The minimum atomic E-state index is -0.883. The number of benzene rings is 2. The smallest absolute Gasteiger partial charge is 0.412 e. The fourth-order valence-electron chi connectivity index (χ4n) is 4.11. The SMILES string of the molecule is CC(C)(C)NC1CCC(N(C(=O)O)c2ccc(Br)cc2-c2ccccc2)CC1. The third-order valence-electron chi connectivity index (χ3n) is 5.21. The van der Waals surface area contributed by atoms with Gasteiger partial charge in [0.15, 0.2) is 0 Å². The Kier molecular flexibility index (Phi) is 6.46. The first kappa shape index (κ1) is 20.9. The molecule has 0 unspecified atom stereocenters. The summed E-state index contributed by atoms with van der Waals surface area (Å²) < 4.78 is 0.943. The highest BCUT2D eigenvalue weighted by atomic mass is 79.9. The highest BCUT2D eigenvalue weighted by Crippen LogP contribution is 2.37. The van der Waals surface area contributed by atoms with Gasteiger partial charge in [-0.1, -0.05) is 46.3 Å². The molecule has 1 aliphatic rings. The van der Waals surface area contributed by atoms with Gasteiger partial charge in [-0.2, -0.15) is 0 Å². The van der Waals surface area contributed by atoms with Crippen LogP contribution in [0.25, 0.3) is 11.1 Å². The predicted molar refractivity (Wildman–Crippen MR) is 119 cm³/mol. The summed E-state index contributed by atoms with van der Waals surface area (Å²) in [7, 11) is 0. The van der Waals surface area contributed by atoms with Crippen LogP contribution in [0.4, 0.5) is 10.5 Å². The number of halogens is 1. The minimum Gasteiger partial charge on any atom is -0.465 e. The summed E-state index contributed by atoms with van der Waals surface area (Å²) in [6.45, 7) is 6.53. The molecule has 1 aliphatic carbocycles. The van der Waals surface area contributed by atoms with Gasteiger partial charge < -0.3 is 10.4 Å². The molecule has 2 N–H and O–H groups in total. The second kappa shape index (κ2) is 8.66. The Bertz CT molecular complexity index is 809. The van der Waals surface area contributed by atoms with Gasteiger partial charge in [0, 0.05) is 27.7 Å². The van der Waals surface area contributed by atoms with Crippen molar-refractivity contribution in [3.63, 3.8) is 0 Å². The topological polar surface area (TPSA) is 52.6 Å². The van der Waals surface area contributed by atoms with Crippen LogP contribution >= 0.6 is 15.9 Å². The van der Waals surface area contributed by atoms with Crippen LogP contribution < -0.4 is 10.2 Å². The number of anilines is 1. The van der Waals surface area contributed by atoms with E-state index in [4.69, 9.17) is 0 Å². The number of rotatable bonds is 4. The Balaban J connectivity index is 1.87. The zero-order chi connectivity index (χ0) is 20.3. The molecule has 1 amide bonds. The van der Waals surface area contributed by atoms with Crippen molar-refractivity contribution in [2.24, 2.45) is 0 Å². The standard InChI is InChI=1S/C23H29BrN2O2/c1-23(2,3)25-18-10-12-19(13-11-18)26(22(27)28)21-14-9-17(24)15-20(21)16-7-5-4-6-8-16/h4-9,14-15,18-19,25H,10-13H2,1-3H3,(H,27,28). The normalized spacial score (nSPS) is 20.0. The van der Waals surface area contributed by atoms with E-state index in [0.717, 1.165) is 47.0 Å². The zero-order valence-electron chi connectivity index (χ0n) is 16.8. The molecule has 1 fully saturated rings. The van der Waals surface area contributed by atoms with Gasteiger partial charge in [0.05, 0.1) is 5.69 Å². The van der Waals surface area contributed by atoms with Crippen molar-refractivity contribution < 1.29 is 9.90 Å². The maximum atomic E-state index is 12.3. The molecule has 28 heavy (non-hydrogen) atoms. The Morgan fingerprint density at radius 2 is 1.71 bits per heavy atom. The number of carboxylic acid groups (broad SMARTS) is 1. The first-order chi connectivity index (χ1) is 13.2. The van der Waals surface area contributed by atoms with E-state index in [1.54, 1.807) is 4.90 Å². The zero-order valence-corrected chi connectivity index (χ0v) is 18.4. The average Bonchev–Trinajstić information content (AvgIpc) is 2.64. The first-order valence-electron chi connectivity index (χ1n) is 9.89. The van der Waals surface area contributed by atoms with E-state index in [2.05, 4.69) is 42.0 Å². The summed E-state index contributed by atoms with van der Waals surface area (Å²) in [6.07, 6.45) is 2.83. The van der Waals surface area contributed by atoms with E-state index in [0.29, 0.717) is 6.04 Å². The highest BCUT2D eigenvalue weighted by molar-refractivity contribution is 9.10. The number of amides is 1. The van der Waals surface area contributed by atoms with Gasteiger partial charge in [0.25, 0.3) is 0 Å². The van der Waals surface area contributed by atoms with E-state index in [9.17, 15) is 9.90 Å². The molecule has 0 radical (unpaired) electrons. The van der Waals surface area contributed by atoms with Gasteiger partial charge in [-0.05, 0) is 70.2 Å². The van der Waals surface area contributed by atoms with Gasteiger partial charge >= 0.3 is 6.09 Å². The molecule has 4 nitrogen and oxygen atoms in total. The van der Waals surface area contributed by atoms with Gasteiger partial charge in [-0.25, -0.2) is 4.79 Å². The fraction of sp³-hybridized carbons (Fsp3) is 0.435. The molecule has 0 heterocycles. The van der Waals surface area contributed by atoms with Crippen LogP contribution in [0.1, 0.15) is 46.5 Å². The van der Waals surface area contributed by atoms with Crippen LogP contribution in [0.15, 0.2) is 53.0 Å². The van der Waals surface area contributed by atoms with Crippen LogP contribution in [0, 0.1) is 0 Å². The molecular formula is C23H29BrN2O2. The maximum Gasteiger partial charge on any atom is 0.412 e. The molecule has 0 atom stereocenters. The molecule has 2 aromatic carbocycles. The van der Waals surface area contributed by atoms with Crippen LogP contribution in [-0.4, -0.2) is 28.8 Å². The van der Waals surface area contributed by atoms with E-state index in [-0.39, 0.29) is 11.6 Å². The lowest BCUT2D eigenvalue weighted by Crippen LogP contribution is -2.49. The van der Waals surface area contributed by atoms with Crippen LogP contribution in [0.5, 0.6) is 0 Å².